The van der Waals surface area contributed by atoms with Gasteiger partial charge in [-0.15, -0.1) is 11.3 Å². The summed E-state index contributed by atoms with van der Waals surface area (Å²) in [5, 5.41) is 18.9. The second-order valence-corrected chi connectivity index (χ2v) is 6.64. The number of hydrogen-bond donors (Lipinski definition) is 1. The highest BCUT2D eigenvalue weighted by Gasteiger charge is 2.17. The van der Waals surface area contributed by atoms with Crippen molar-refractivity contribution < 1.29 is 19.3 Å². The maximum Gasteiger partial charge on any atom is 0.413 e. The van der Waals surface area contributed by atoms with Crippen LogP contribution in [0.4, 0.5) is 15.6 Å². The number of benzene rings is 1. The Morgan fingerprint density at radius 3 is 2.64 bits per heavy atom. The van der Waals surface area contributed by atoms with E-state index in [0.29, 0.717) is 16.6 Å². The Morgan fingerprint density at radius 2 is 2.04 bits per heavy atom. The third-order valence-corrected chi connectivity index (χ3v) is 3.30. The van der Waals surface area contributed by atoms with Crippen molar-refractivity contribution in [2.75, 3.05) is 5.32 Å². The first-order valence-corrected chi connectivity index (χ1v) is 8.01. The average Bonchev–Trinajstić information content (AvgIpc) is 2.93. The molecule has 0 spiro atoms. The molecule has 1 aromatic carbocycles. The number of amides is 1. The van der Waals surface area contributed by atoms with Gasteiger partial charge in [0.05, 0.1) is 16.8 Å². The van der Waals surface area contributed by atoms with E-state index in [0.717, 1.165) is 0 Å². The van der Waals surface area contributed by atoms with E-state index in [1.54, 1.807) is 26.2 Å². The first kappa shape index (κ1) is 18.3. The molecule has 0 aliphatic heterocycles. The van der Waals surface area contributed by atoms with Gasteiger partial charge < -0.3 is 9.57 Å². The lowest BCUT2D eigenvalue weighted by Gasteiger charge is -2.18. The molecule has 2 aromatic rings. The van der Waals surface area contributed by atoms with Gasteiger partial charge in [0.15, 0.2) is 10.9 Å². The second-order valence-electron chi connectivity index (χ2n) is 5.78. The van der Waals surface area contributed by atoms with Gasteiger partial charge in [-0.1, -0.05) is 5.16 Å². The summed E-state index contributed by atoms with van der Waals surface area (Å²) < 4.78 is 5.13. The van der Waals surface area contributed by atoms with Crippen molar-refractivity contribution in [3.05, 3.63) is 45.5 Å². The smallest absolute Gasteiger partial charge is 0.413 e. The minimum absolute atomic E-state index is 0.0336. The number of ether oxygens (including phenoxy) is 1. The molecule has 0 fully saturated rings. The van der Waals surface area contributed by atoms with Crippen molar-refractivity contribution in [3.63, 3.8) is 0 Å². The number of nitro benzene ring substituents is 1. The highest BCUT2D eigenvalue weighted by molar-refractivity contribution is 7.14. The fraction of sp³-hybridized carbons (Fsp3) is 0.267. The molecule has 0 atom stereocenters. The zero-order valence-electron chi connectivity index (χ0n) is 13.8. The van der Waals surface area contributed by atoms with Crippen LogP contribution in [-0.2, 0) is 4.74 Å². The van der Waals surface area contributed by atoms with Crippen molar-refractivity contribution in [1.29, 1.82) is 0 Å². The summed E-state index contributed by atoms with van der Waals surface area (Å²) >= 11 is 1.21. The van der Waals surface area contributed by atoms with Crippen LogP contribution in [0.15, 0.2) is 34.8 Å². The molecule has 0 bridgehead atoms. The van der Waals surface area contributed by atoms with E-state index >= 15 is 0 Å². The lowest BCUT2D eigenvalue weighted by Crippen LogP contribution is -2.27. The van der Waals surface area contributed by atoms with E-state index in [2.05, 4.69) is 15.5 Å². The number of aromatic nitrogens is 1. The molecule has 1 N–H and O–H groups in total. The van der Waals surface area contributed by atoms with Crippen molar-refractivity contribution in [2.45, 2.75) is 26.4 Å². The van der Waals surface area contributed by atoms with Gasteiger partial charge in [-0.2, -0.15) is 0 Å². The van der Waals surface area contributed by atoms with Gasteiger partial charge in [-0.05, 0) is 32.9 Å². The molecule has 1 aromatic heterocycles. The first-order valence-electron chi connectivity index (χ1n) is 7.13. The second kappa shape index (κ2) is 7.71. The van der Waals surface area contributed by atoms with Crippen LogP contribution in [0.1, 0.15) is 26.5 Å². The van der Waals surface area contributed by atoms with Crippen LogP contribution < -0.4 is 10.2 Å². The number of nitrogens with one attached hydrogen (secondary N) is 1. The summed E-state index contributed by atoms with van der Waals surface area (Å²) in [5.41, 5.74) is -0.142. The van der Waals surface area contributed by atoms with Gasteiger partial charge in [0.2, 0.25) is 0 Å². The Bertz CT molecular complexity index is 780. The van der Waals surface area contributed by atoms with Crippen LogP contribution in [0.2, 0.25) is 0 Å². The maximum absolute atomic E-state index is 11.6. The zero-order chi connectivity index (χ0) is 18.4. The molecular weight excluding hydrogens is 348 g/mol. The number of hydrogen-bond acceptors (Lipinski definition) is 8. The van der Waals surface area contributed by atoms with Crippen molar-refractivity contribution in [3.8, 4) is 5.75 Å². The lowest BCUT2D eigenvalue weighted by atomic mass is 10.2. The fourth-order valence-corrected chi connectivity index (χ4v) is 2.21. The number of thiazole rings is 1. The Hall–Kier alpha value is -3.01. The zero-order valence-corrected chi connectivity index (χ0v) is 14.6. The van der Waals surface area contributed by atoms with Crippen molar-refractivity contribution in [1.82, 2.24) is 4.98 Å². The molecular formula is C15H16N4O5S. The molecule has 0 saturated heterocycles. The highest BCUT2D eigenvalue weighted by atomic mass is 32.1. The lowest BCUT2D eigenvalue weighted by molar-refractivity contribution is -0.384. The minimum atomic E-state index is -0.593. The standard InChI is InChI=1S/C15H16N4O5S/c1-15(2,3)23-14(20)18-13-17-10(9-25-13)8-16-24-12-6-4-11(5-7-12)19(21)22/h4-9H,1-3H3,(H,17,18,20)/b16-8+. The Labute approximate surface area is 147 Å². The molecule has 0 radical (unpaired) electrons. The summed E-state index contributed by atoms with van der Waals surface area (Å²) in [6.07, 6.45) is 0.769. The molecule has 9 nitrogen and oxygen atoms in total. The number of anilines is 1. The number of nitrogens with zero attached hydrogens (tertiary/aromatic N) is 3. The fourth-order valence-electron chi connectivity index (χ4n) is 1.56. The monoisotopic (exact) mass is 364 g/mol. The van der Waals surface area contributed by atoms with Gasteiger partial charge >= 0.3 is 6.09 Å². The Kier molecular flexibility index (Phi) is 5.65. The van der Waals surface area contributed by atoms with Gasteiger partial charge in [0, 0.05) is 17.5 Å². The van der Waals surface area contributed by atoms with E-state index in [1.807, 2.05) is 0 Å². The molecule has 1 amide bonds. The highest BCUT2D eigenvalue weighted by Crippen LogP contribution is 2.18. The molecule has 1 heterocycles. The molecule has 2 rings (SSSR count). The van der Waals surface area contributed by atoms with Gasteiger partial charge in [0.1, 0.15) is 5.60 Å². The van der Waals surface area contributed by atoms with Crippen molar-refractivity contribution in [2.24, 2.45) is 5.16 Å². The van der Waals surface area contributed by atoms with Crippen LogP contribution in [0.25, 0.3) is 0 Å². The van der Waals surface area contributed by atoms with Gasteiger partial charge in [-0.25, -0.2) is 9.78 Å². The van der Waals surface area contributed by atoms with Crippen LogP contribution in [0.5, 0.6) is 5.75 Å². The van der Waals surface area contributed by atoms with Crippen molar-refractivity contribution >= 4 is 34.5 Å². The van der Waals surface area contributed by atoms with Crippen LogP contribution in [0.3, 0.4) is 0 Å². The van der Waals surface area contributed by atoms with Gasteiger partial charge in [0.25, 0.3) is 5.69 Å². The first-order chi connectivity index (χ1) is 11.7. The summed E-state index contributed by atoms with van der Waals surface area (Å²) in [5.74, 6) is 0.351. The molecule has 25 heavy (non-hydrogen) atoms. The van der Waals surface area contributed by atoms with Crippen LogP contribution in [0, 0.1) is 10.1 Å². The van der Waals surface area contributed by atoms with E-state index in [4.69, 9.17) is 9.57 Å². The third-order valence-electron chi connectivity index (χ3n) is 2.52. The Balaban J connectivity index is 1.89. The van der Waals surface area contributed by atoms with E-state index in [1.165, 1.54) is 41.8 Å². The summed E-state index contributed by atoms with van der Waals surface area (Å²) in [6, 6.07) is 5.51. The maximum atomic E-state index is 11.6. The number of carbonyl (C=O) groups excluding carboxylic acids is 1. The topological polar surface area (TPSA) is 116 Å². The number of non-ortho nitro benzene ring substituents is 1. The molecule has 0 aliphatic rings. The molecule has 0 aliphatic carbocycles. The number of rotatable bonds is 5. The van der Waals surface area contributed by atoms with E-state index < -0.39 is 16.6 Å². The van der Waals surface area contributed by atoms with Gasteiger partial charge in [-0.3, -0.25) is 15.4 Å². The third kappa shape index (κ3) is 6.18. The largest absolute Gasteiger partial charge is 0.444 e. The predicted octanol–water partition coefficient (Wildman–Crippen LogP) is 3.81. The van der Waals surface area contributed by atoms with E-state index in [-0.39, 0.29) is 5.69 Å². The summed E-state index contributed by atoms with van der Waals surface area (Å²) in [6.45, 7) is 5.30. The summed E-state index contributed by atoms with van der Waals surface area (Å²) in [7, 11) is 0. The molecule has 10 heteroatoms. The quantitative estimate of drug-likeness (QED) is 0.490. The Morgan fingerprint density at radius 1 is 1.36 bits per heavy atom. The SMILES string of the molecule is CC(C)(C)OC(=O)Nc1nc(/C=N/Oc2ccc([N+](=O)[O-])cc2)cs1. The molecule has 132 valence electrons. The predicted molar refractivity (Wildman–Crippen MR) is 93.3 cm³/mol. The van der Waals surface area contributed by atoms with Crippen LogP contribution in [-0.4, -0.2) is 27.8 Å². The number of nitro groups is 1. The number of carbonyl (C=O) groups is 1. The molecule has 0 unspecified atom stereocenters. The van der Waals surface area contributed by atoms with Crippen LogP contribution >= 0.6 is 11.3 Å². The van der Waals surface area contributed by atoms with E-state index in [9.17, 15) is 14.9 Å². The molecule has 0 saturated carbocycles. The number of oxime groups is 1. The normalized spacial score (nSPS) is 11.3. The minimum Gasteiger partial charge on any atom is -0.444 e. The average molecular weight is 364 g/mol. The summed E-state index contributed by atoms with van der Waals surface area (Å²) in [4.78, 5) is 30.9.